The third kappa shape index (κ3) is 1.88. The van der Waals surface area contributed by atoms with Gasteiger partial charge in [0.25, 0.3) is 0 Å². The van der Waals surface area contributed by atoms with Crippen LogP contribution in [0.25, 0.3) is 0 Å². The van der Waals surface area contributed by atoms with Gasteiger partial charge in [0.1, 0.15) is 0 Å². The maximum atomic E-state index is 6.41. The molecule has 0 aromatic heterocycles. The fourth-order valence-electron chi connectivity index (χ4n) is 3.21. The van der Waals surface area contributed by atoms with Crippen LogP contribution in [0.15, 0.2) is 24.3 Å². The smallest absolute Gasteiger partial charge is 0.0971 e. The van der Waals surface area contributed by atoms with Gasteiger partial charge in [-0.05, 0) is 50.9 Å². The van der Waals surface area contributed by atoms with Crippen LogP contribution in [0.1, 0.15) is 37.8 Å². The molecule has 94 valence electrons. The fourth-order valence-corrected chi connectivity index (χ4v) is 3.21. The fraction of sp³-hybridized carbons (Fsp3) is 0.571. The van der Waals surface area contributed by atoms with E-state index in [1.54, 1.807) is 0 Å². The van der Waals surface area contributed by atoms with Gasteiger partial charge in [-0.15, -0.1) is 12.4 Å². The van der Waals surface area contributed by atoms with Crippen molar-refractivity contribution in [1.29, 1.82) is 0 Å². The Morgan fingerprint density at radius 2 is 1.65 bits per heavy atom. The molecule has 2 heterocycles. The van der Waals surface area contributed by atoms with Gasteiger partial charge in [0.15, 0.2) is 0 Å². The number of benzene rings is 1. The topological polar surface area (TPSA) is 21.3 Å². The number of rotatable bonds is 0. The summed E-state index contributed by atoms with van der Waals surface area (Å²) in [5, 5.41) is 3.41. The highest BCUT2D eigenvalue weighted by Gasteiger charge is 2.48. The van der Waals surface area contributed by atoms with E-state index >= 15 is 0 Å². The lowest BCUT2D eigenvalue weighted by Gasteiger charge is -2.36. The zero-order valence-corrected chi connectivity index (χ0v) is 11.3. The Balaban J connectivity index is 0.00000108. The van der Waals surface area contributed by atoms with Crippen LogP contribution in [0.5, 0.6) is 0 Å². The first-order valence-electron chi connectivity index (χ1n) is 6.15. The van der Waals surface area contributed by atoms with E-state index in [4.69, 9.17) is 4.74 Å². The van der Waals surface area contributed by atoms with Gasteiger partial charge in [0.2, 0.25) is 0 Å². The lowest BCUT2D eigenvalue weighted by Crippen LogP contribution is -2.41. The number of halogens is 1. The molecule has 1 N–H and O–H groups in total. The molecule has 2 nitrogen and oxygen atoms in total. The number of ether oxygens (including phenoxy) is 1. The van der Waals surface area contributed by atoms with Crippen molar-refractivity contribution in [2.75, 3.05) is 13.1 Å². The number of nitrogens with one attached hydrogen (secondary N) is 1. The van der Waals surface area contributed by atoms with Crippen molar-refractivity contribution >= 4 is 12.4 Å². The molecule has 1 aromatic carbocycles. The molecule has 17 heavy (non-hydrogen) atoms. The van der Waals surface area contributed by atoms with Crippen molar-refractivity contribution in [2.24, 2.45) is 0 Å². The first-order valence-corrected chi connectivity index (χ1v) is 6.15. The summed E-state index contributed by atoms with van der Waals surface area (Å²) in [5.74, 6) is 0. The van der Waals surface area contributed by atoms with E-state index in [1.165, 1.54) is 11.1 Å². The second kappa shape index (κ2) is 4.27. The van der Waals surface area contributed by atoms with Crippen LogP contribution < -0.4 is 5.32 Å². The average Bonchev–Trinajstić information content (AvgIpc) is 2.50. The van der Waals surface area contributed by atoms with E-state index in [2.05, 4.69) is 43.4 Å². The molecule has 0 saturated carbocycles. The van der Waals surface area contributed by atoms with Crippen LogP contribution in [0, 0.1) is 0 Å². The maximum absolute atomic E-state index is 6.41. The Labute approximate surface area is 109 Å². The molecule has 0 atom stereocenters. The largest absolute Gasteiger partial charge is 0.360 e. The van der Waals surface area contributed by atoms with Crippen LogP contribution >= 0.6 is 12.4 Å². The number of piperidine rings is 1. The minimum Gasteiger partial charge on any atom is -0.360 e. The molecule has 0 unspecified atom stereocenters. The highest BCUT2D eigenvalue weighted by molar-refractivity contribution is 5.85. The van der Waals surface area contributed by atoms with E-state index in [-0.39, 0.29) is 23.6 Å². The first kappa shape index (κ1) is 12.9. The zero-order valence-electron chi connectivity index (χ0n) is 10.5. The van der Waals surface area contributed by atoms with Crippen LogP contribution in [-0.2, 0) is 15.9 Å². The van der Waals surface area contributed by atoms with Crippen LogP contribution in [0.4, 0.5) is 0 Å². The summed E-state index contributed by atoms with van der Waals surface area (Å²) < 4.78 is 6.41. The zero-order chi connectivity index (χ0) is 11.2. The van der Waals surface area contributed by atoms with Crippen molar-refractivity contribution in [2.45, 2.75) is 37.9 Å². The van der Waals surface area contributed by atoms with Crippen molar-refractivity contribution < 1.29 is 4.74 Å². The highest BCUT2D eigenvalue weighted by atomic mass is 35.5. The maximum Gasteiger partial charge on any atom is 0.0971 e. The van der Waals surface area contributed by atoms with Gasteiger partial charge >= 0.3 is 0 Å². The molecular formula is C14H20ClNO. The third-order valence-electron chi connectivity index (χ3n) is 3.93. The molecule has 2 aliphatic rings. The lowest BCUT2D eigenvalue weighted by atomic mass is 9.83. The van der Waals surface area contributed by atoms with Gasteiger partial charge in [-0.25, -0.2) is 0 Å². The number of hydrogen-bond donors (Lipinski definition) is 1. The SMILES string of the molecule is CC1(C)OC2(CCNCC2)c2ccccc21.Cl. The standard InChI is InChI=1S/C14H19NO.ClH/c1-13(2)11-5-3-4-6-12(11)14(16-13)7-9-15-10-8-14;/h3-6,15H,7-10H2,1-2H3;1H. The van der Waals surface area contributed by atoms with Crippen molar-refractivity contribution in [3.63, 3.8) is 0 Å². The van der Waals surface area contributed by atoms with Crippen molar-refractivity contribution in [3.8, 4) is 0 Å². The van der Waals surface area contributed by atoms with Gasteiger partial charge in [-0.2, -0.15) is 0 Å². The molecule has 0 aliphatic carbocycles. The molecule has 0 radical (unpaired) electrons. The van der Waals surface area contributed by atoms with Gasteiger partial charge < -0.3 is 10.1 Å². The molecule has 1 spiro atoms. The Bertz CT molecular complexity index is 410. The molecule has 0 amide bonds. The molecule has 1 fully saturated rings. The molecule has 2 aliphatic heterocycles. The second-order valence-electron chi connectivity index (χ2n) is 5.40. The summed E-state index contributed by atoms with van der Waals surface area (Å²) in [6, 6.07) is 8.71. The molecule has 0 bridgehead atoms. The Kier molecular flexibility index (Phi) is 3.23. The second-order valence-corrected chi connectivity index (χ2v) is 5.40. The van der Waals surface area contributed by atoms with E-state index in [1.807, 2.05) is 0 Å². The summed E-state index contributed by atoms with van der Waals surface area (Å²) in [5.41, 5.74) is 2.64. The van der Waals surface area contributed by atoms with Gasteiger partial charge in [-0.1, -0.05) is 24.3 Å². The molecule has 1 saturated heterocycles. The first-order chi connectivity index (χ1) is 7.64. The monoisotopic (exact) mass is 253 g/mol. The minimum absolute atomic E-state index is 0. The molecule has 3 rings (SSSR count). The molecule has 1 aromatic rings. The normalized spacial score (nSPS) is 24.1. The number of fused-ring (bicyclic) bond motifs is 2. The van der Waals surface area contributed by atoms with E-state index in [0.717, 1.165) is 25.9 Å². The Morgan fingerprint density at radius 1 is 1.06 bits per heavy atom. The summed E-state index contributed by atoms with van der Waals surface area (Å²) in [7, 11) is 0. The summed E-state index contributed by atoms with van der Waals surface area (Å²) >= 11 is 0. The summed E-state index contributed by atoms with van der Waals surface area (Å²) in [6.07, 6.45) is 2.18. The van der Waals surface area contributed by atoms with Crippen LogP contribution in [-0.4, -0.2) is 13.1 Å². The van der Waals surface area contributed by atoms with Crippen molar-refractivity contribution in [3.05, 3.63) is 35.4 Å². The van der Waals surface area contributed by atoms with Crippen LogP contribution in [0.2, 0.25) is 0 Å². The van der Waals surface area contributed by atoms with E-state index in [0.29, 0.717) is 0 Å². The number of hydrogen-bond acceptors (Lipinski definition) is 2. The average molecular weight is 254 g/mol. The highest BCUT2D eigenvalue weighted by Crippen LogP contribution is 2.50. The summed E-state index contributed by atoms with van der Waals surface area (Å²) in [4.78, 5) is 0. The lowest BCUT2D eigenvalue weighted by molar-refractivity contribution is -0.138. The Morgan fingerprint density at radius 3 is 2.29 bits per heavy atom. The van der Waals surface area contributed by atoms with Gasteiger partial charge in [0.05, 0.1) is 11.2 Å². The predicted molar refractivity (Wildman–Crippen MR) is 71.6 cm³/mol. The van der Waals surface area contributed by atoms with Crippen molar-refractivity contribution in [1.82, 2.24) is 5.32 Å². The van der Waals surface area contributed by atoms with Gasteiger partial charge in [0, 0.05) is 0 Å². The van der Waals surface area contributed by atoms with Crippen LogP contribution in [0.3, 0.4) is 0 Å². The van der Waals surface area contributed by atoms with E-state index < -0.39 is 0 Å². The third-order valence-corrected chi connectivity index (χ3v) is 3.93. The quantitative estimate of drug-likeness (QED) is 0.768. The predicted octanol–water partition coefficient (Wildman–Crippen LogP) is 2.95. The van der Waals surface area contributed by atoms with E-state index in [9.17, 15) is 0 Å². The molecular weight excluding hydrogens is 234 g/mol. The van der Waals surface area contributed by atoms with Gasteiger partial charge in [-0.3, -0.25) is 0 Å². The Hall–Kier alpha value is -0.570. The summed E-state index contributed by atoms with van der Waals surface area (Å²) in [6.45, 7) is 6.49. The minimum atomic E-state index is -0.131. The molecule has 3 heteroatoms.